The molecular weight excluding hydrogens is 479 g/mol. The Hall–Kier alpha value is -1.07. The molecule has 1 fully saturated rings. The average Bonchev–Trinajstić information content (AvgIpc) is 2.93. The first kappa shape index (κ1) is 24.0. The van der Waals surface area contributed by atoms with Gasteiger partial charge in [-0.15, -0.1) is 24.0 Å². The van der Waals surface area contributed by atoms with Crippen LogP contribution < -0.4 is 15.4 Å². The number of rotatable bonds is 7. The van der Waals surface area contributed by atoms with E-state index in [1.807, 2.05) is 45.3 Å². The molecule has 1 aliphatic heterocycles. The molecule has 9 heteroatoms. The third kappa shape index (κ3) is 7.11. The predicted molar refractivity (Wildman–Crippen MR) is 121 cm³/mol. The van der Waals surface area contributed by atoms with Gasteiger partial charge in [0.1, 0.15) is 5.75 Å². The van der Waals surface area contributed by atoms with E-state index >= 15 is 0 Å². The second kappa shape index (κ2) is 11.1. The number of nitrogens with zero attached hydrogens (tertiary/aromatic N) is 2. The van der Waals surface area contributed by atoms with Crippen molar-refractivity contribution in [3.8, 4) is 5.75 Å². The van der Waals surface area contributed by atoms with Gasteiger partial charge < -0.3 is 20.3 Å². The van der Waals surface area contributed by atoms with E-state index in [1.54, 1.807) is 7.11 Å². The Morgan fingerprint density at radius 3 is 2.63 bits per heavy atom. The summed E-state index contributed by atoms with van der Waals surface area (Å²) in [6.07, 6.45) is 0.621. The first-order valence-electron chi connectivity index (χ1n) is 8.91. The van der Waals surface area contributed by atoms with Crippen molar-refractivity contribution in [2.45, 2.75) is 25.4 Å². The lowest BCUT2D eigenvalue weighted by atomic mass is 10.0. The van der Waals surface area contributed by atoms with E-state index in [4.69, 9.17) is 9.73 Å². The summed E-state index contributed by atoms with van der Waals surface area (Å²) < 4.78 is 28.8. The SMILES string of the molecule is CCNC(=NCC(c1ccccc1OC)N(C)C)NC1CCS(=O)(=O)C1.I. The normalized spacial score (nSPS) is 20.0. The molecule has 2 unspecified atom stereocenters. The van der Waals surface area contributed by atoms with Crippen LogP contribution in [0.1, 0.15) is 24.9 Å². The van der Waals surface area contributed by atoms with Gasteiger partial charge in [0.15, 0.2) is 15.8 Å². The van der Waals surface area contributed by atoms with E-state index in [2.05, 4.69) is 15.5 Å². The molecule has 1 heterocycles. The molecule has 154 valence electrons. The van der Waals surface area contributed by atoms with Gasteiger partial charge in [0.05, 0.1) is 31.2 Å². The summed E-state index contributed by atoms with van der Waals surface area (Å²) in [6, 6.07) is 7.90. The number of nitrogens with one attached hydrogen (secondary N) is 2. The number of halogens is 1. The van der Waals surface area contributed by atoms with Crippen molar-refractivity contribution in [2.75, 3.05) is 45.8 Å². The van der Waals surface area contributed by atoms with Crippen molar-refractivity contribution < 1.29 is 13.2 Å². The summed E-state index contributed by atoms with van der Waals surface area (Å²) in [7, 11) is 2.77. The maximum atomic E-state index is 11.7. The highest BCUT2D eigenvalue weighted by atomic mass is 127. The number of sulfone groups is 1. The van der Waals surface area contributed by atoms with Gasteiger partial charge in [-0.25, -0.2) is 8.42 Å². The molecule has 0 aliphatic carbocycles. The molecule has 0 aromatic heterocycles. The van der Waals surface area contributed by atoms with Crippen molar-refractivity contribution in [2.24, 2.45) is 4.99 Å². The molecule has 0 saturated carbocycles. The Morgan fingerprint density at radius 2 is 2.07 bits per heavy atom. The second-order valence-electron chi connectivity index (χ2n) is 6.69. The summed E-state index contributed by atoms with van der Waals surface area (Å²) in [5.74, 6) is 1.89. The lowest BCUT2D eigenvalue weighted by Gasteiger charge is -2.25. The topological polar surface area (TPSA) is 83.0 Å². The Labute approximate surface area is 179 Å². The van der Waals surface area contributed by atoms with Crippen molar-refractivity contribution in [3.05, 3.63) is 29.8 Å². The lowest BCUT2D eigenvalue weighted by molar-refractivity contribution is 0.295. The molecule has 0 radical (unpaired) electrons. The van der Waals surface area contributed by atoms with Crippen molar-refractivity contribution in [3.63, 3.8) is 0 Å². The first-order valence-corrected chi connectivity index (χ1v) is 10.7. The number of aliphatic imine (C=N–C) groups is 1. The number of benzene rings is 1. The largest absolute Gasteiger partial charge is 0.496 e. The number of hydrogen-bond donors (Lipinski definition) is 2. The molecule has 1 saturated heterocycles. The van der Waals surface area contributed by atoms with E-state index in [9.17, 15) is 8.42 Å². The minimum atomic E-state index is -2.92. The number of ether oxygens (including phenoxy) is 1. The predicted octanol–water partition coefficient (Wildman–Crippen LogP) is 1.66. The Balaban J connectivity index is 0.00000364. The summed E-state index contributed by atoms with van der Waals surface area (Å²) >= 11 is 0. The quantitative estimate of drug-likeness (QED) is 0.330. The van der Waals surface area contributed by atoms with Crippen LogP contribution in [0, 0.1) is 0 Å². The highest BCUT2D eigenvalue weighted by Crippen LogP contribution is 2.28. The van der Waals surface area contributed by atoms with Crippen LogP contribution >= 0.6 is 24.0 Å². The van der Waals surface area contributed by atoms with E-state index < -0.39 is 9.84 Å². The summed E-state index contributed by atoms with van der Waals surface area (Å²) in [5.41, 5.74) is 1.07. The van der Waals surface area contributed by atoms with Gasteiger partial charge >= 0.3 is 0 Å². The van der Waals surface area contributed by atoms with Crippen LogP contribution in [0.4, 0.5) is 0 Å². The highest BCUT2D eigenvalue weighted by molar-refractivity contribution is 14.0. The third-order valence-electron chi connectivity index (χ3n) is 4.46. The van der Waals surface area contributed by atoms with Crippen LogP contribution in [-0.4, -0.2) is 71.1 Å². The van der Waals surface area contributed by atoms with Crippen molar-refractivity contribution in [1.82, 2.24) is 15.5 Å². The molecular formula is C18H31IN4O3S. The van der Waals surface area contributed by atoms with Crippen LogP contribution in [0.5, 0.6) is 5.75 Å². The minimum absolute atomic E-state index is 0. The van der Waals surface area contributed by atoms with Crippen LogP contribution in [0.15, 0.2) is 29.3 Å². The molecule has 27 heavy (non-hydrogen) atoms. The second-order valence-corrected chi connectivity index (χ2v) is 8.91. The van der Waals surface area contributed by atoms with Gasteiger partial charge in [0.25, 0.3) is 0 Å². The zero-order chi connectivity index (χ0) is 19.2. The zero-order valence-corrected chi connectivity index (χ0v) is 19.6. The number of likely N-dealkylation sites (N-methyl/N-ethyl adjacent to an activating group) is 1. The summed E-state index contributed by atoms with van der Waals surface area (Å²) in [6.45, 7) is 3.24. The van der Waals surface area contributed by atoms with Gasteiger partial charge in [-0.3, -0.25) is 4.99 Å². The zero-order valence-electron chi connectivity index (χ0n) is 16.4. The Bertz CT molecular complexity index is 725. The standard InChI is InChI=1S/C18H30N4O3S.HI/c1-5-19-18(21-14-10-11-26(23,24)13-14)20-12-16(22(2)3)15-8-6-7-9-17(15)25-4;/h6-9,14,16H,5,10-13H2,1-4H3,(H2,19,20,21);1H. The lowest BCUT2D eigenvalue weighted by Crippen LogP contribution is -2.44. The fourth-order valence-corrected chi connectivity index (χ4v) is 4.75. The van der Waals surface area contributed by atoms with E-state index in [0.717, 1.165) is 11.3 Å². The maximum Gasteiger partial charge on any atom is 0.191 e. The molecule has 2 rings (SSSR count). The van der Waals surface area contributed by atoms with Crippen LogP contribution in [-0.2, 0) is 9.84 Å². The molecule has 0 spiro atoms. The van der Waals surface area contributed by atoms with Gasteiger partial charge in [-0.1, -0.05) is 18.2 Å². The summed E-state index contributed by atoms with van der Waals surface area (Å²) in [5, 5.41) is 6.46. The van der Waals surface area contributed by atoms with Gasteiger partial charge in [0, 0.05) is 18.2 Å². The average molecular weight is 510 g/mol. The van der Waals surface area contributed by atoms with Crippen LogP contribution in [0.2, 0.25) is 0 Å². The van der Waals surface area contributed by atoms with Gasteiger partial charge in [-0.2, -0.15) is 0 Å². The number of guanidine groups is 1. The van der Waals surface area contributed by atoms with E-state index in [-0.39, 0.29) is 47.6 Å². The molecule has 1 aromatic rings. The Kier molecular flexibility index (Phi) is 9.82. The molecule has 2 atom stereocenters. The third-order valence-corrected chi connectivity index (χ3v) is 6.23. The molecule has 0 bridgehead atoms. The minimum Gasteiger partial charge on any atom is -0.496 e. The highest BCUT2D eigenvalue weighted by Gasteiger charge is 2.28. The molecule has 1 aromatic carbocycles. The number of methoxy groups -OCH3 is 1. The Morgan fingerprint density at radius 1 is 1.37 bits per heavy atom. The molecule has 0 amide bonds. The van der Waals surface area contributed by atoms with E-state index in [1.165, 1.54) is 0 Å². The van der Waals surface area contributed by atoms with Gasteiger partial charge in [-0.05, 0) is 33.5 Å². The monoisotopic (exact) mass is 510 g/mol. The van der Waals surface area contributed by atoms with Crippen molar-refractivity contribution in [1.29, 1.82) is 0 Å². The maximum absolute atomic E-state index is 11.7. The number of para-hydroxylation sites is 1. The summed E-state index contributed by atoms with van der Waals surface area (Å²) in [4.78, 5) is 6.80. The van der Waals surface area contributed by atoms with E-state index in [0.29, 0.717) is 25.5 Å². The molecule has 7 nitrogen and oxygen atoms in total. The van der Waals surface area contributed by atoms with Crippen LogP contribution in [0.3, 0.4) is 0 Å². The van der Waals surface area contributed by atoms with Crippen LogP contribution in [0.25, 0.3) is 0 Å². The smallest absolute Gasteiger partial charge is 0.191 e. The number of hydrogen-bond acceptors (Lipinski definition) is 5. The molecule has 1 aliphatic rings. The first-order chi connectivity index (χ1) is 12.4. The van der Waals surface area contributed by atoms with Crippen molar-refractivity contribution >= 4 is 39.8 Å². The fraction of sp³-hybridized carbons (Fsp3) is 0.611. The molecule has 2 N–H and O–H groups in total. The fourth-order valence-electron chi connectivity index (χ4n) is 3.08. The van der Waals surface area contributed by atoms with Gasteiger partial charge in [0.2, 0.25) is 0 Å².